The molecule has 9 heteroatoms. The second kappa shape index (κ2) is 8.89. The Bertz CT molecular complexity index is 1080. The van der Waals surface area contributed by atoms with Crippen molar-refractivity contribution in [3.63, 3.8) is 0 Å². The zero-order chi connectivity index (χ0) is 22.6. The van der Waals surface area contributed by atoms with Crippen molar-refractivity contribution >= 4 is 27.7 Å². The summed E-state index contributed by atoms with van der Waals surface area (Å²) >= 11 is 0. The first kappa shape index (κ1) is 22.5. The molecule has 1 saturated heterocycles. The number of carbonyl (C=O) groups is 3. The molecule has 1 unspecified atom stereocenters. The van der Waals surface area contributed by atoms with Gasteiger partial charge in [0.1, 0.15) is 12.1 Å². The van der Waals surface area contributed by atoms with Gasteiger partial charge in [0, 0.05) is 12.8 Å². The van der Waals surface area contributed by atoms with Crippen molar-refractivity contribution in [1.82, 2.24) is 15.5 Å². The third-order valence-corrected chi connectivity index (χ3v) is 6.37. The lowest BCUT2D eigenvalue weighted by molar-refractivity contribution is -0.134. The summed E-state index contributed by atoms with van der Waals surface area (Å²) in [5, 5.41) is 5.34. The molecular weight excluding hydrogens is 418 g/mol. The molecule has 31 heavy (non-hydrogen) atoms. The van der Waals surface area contributed by atoms with E-state index in [1.807, 2.05) is 30.3 Å². The molecule has 0 spiro atoms. The number of rotatable bonds is 8. The van der Waals surface area contributed by atoms with Crippen LogP contribution in [0.3, 0.4) is 0 Å². The lowest BCUT2D eigenvalue weighted by Gasteiger charge is -2.22. The zero-order valence-corrected chi connectivity index (χ0v) is 18.2. The normalized spacial score (nSPS) is 18.7. The maximum Gasteiger partial charge on any atom is 0.325 e. The Morgan fingerprint density at radius 3 is 2.32 bits per heavy atom. The predicted octanol–water partition coefficient (Wildman–Crippen LogP) is 1.61. The van der Waals surface area contributed by atoms with Crippen LogP contribution in [0.5, 0.6) is 0 Å². The first-order valence-corrected chi connectivity index (χ1v) is 11.8. The van der Waals surface area contributed by atoms with Crippen LogP contribution in [0.15, 0.2) is 59.5 Å². The molecule has 0 radical (unpaired) electrons. The Morgan fingerprint density at radius 2 is 1.71 bits per heavy atom. The molecule has 0 aromatic heterocycles. The van der Waals surface area contributed by atoms with Crippen LogP contribution in [0.4, 0.5) is 4.79 Å². The topological polar surface area (TPSA) is 113 Å². The Hall–Kier alpha value is -3.20. The van der Waals surface area contributed by atoms with Crippen LogP contribution < -0.4 is 10.6 Å². The van der Waals surface area contributed by atoms with E-state index in [9.17, 15) is 22.8 Å². The van der Waals surface area contributed by atoms with Gasteiger partial charge in [0.05, 0.1) is 4.90 Å². The van der Waals surface area contributed by atoms with Gasteiger partial charge in [-0.15, -0.1) is 0 Å². The average Bonchev–Trinajstić information content (AvgIpc) is 2.95. The maximum atomic E-state index is 12.9. The fourth-order valence-electron chi connectivity index (χ4n) is 3.44. The molecule has 1 aliphatic heterocycles. The van der Waals surface area contributed by atoms with Crippen molar-refractivity contribution in [1.29, 1.82) is 0 Å². The van der Waals surface area contributed by atoms with Crippen molar-refractivity contribution in [2.24, 2.45) is 0 Å². The number of amides is 4. The maximum absolute atomic E-state index is 12.9. The first-order valence-electron chi connectivity index (χ1n) is 9.86. The van der Waals surface area contributed by atoms with Crippen LogP contribution in [0.1, 0.15) is 24.5 Å². The average molecular weight is 444 g/mol. The largest absolute Gasteiger partial charge is 0.355 e. The number of nitrogens with zero attached hydrogens (tertiary/aromatic N) is 1. The van der Waals surface area contributed by atoms with E-state index in [0.717, 1.165) is 24.0 Å². The van der Waals surface area contributed by atoms with Crippen LogP contribution in [-0.2, 0) is 31.4 Å². The van der Waals surface area contributed by atoms with Crippen molar-refractivity contribution < 1.29 is 22.8 Å². The molecule has 2 N–H and O–H groups in total. The quantitative estimate of drug-likeness (QED) is 0.475. The molecule has 1 aliphatic rings. The molecule has 0 bridgehead atoms. The highest BCUT2D eigenvalue weighted by Gasteiger charge is 2.49. The summed E-state index contributed by atoms with van der Waals surface area (Å²) in [5.41, 5.74) is 0.230. The van der Waals surface area contributed by atoms with Crippen molar-refractivity contribution in [3.05, 3.63) is 65.7 Å². The third kappa shape index (κ3) is 5.11. The summed E-state index contributed by atoms with van der Waals surface area (Å²) in [6.07, 6.45) is 2.64. The second-order valence-corrected chi connectivity index (χ2v) is 9.70. The molecule has 2 aromatic rings. The lowest BCUT2D eigenvalue weighted by atomic mass is 9.92. The molecule has 8 nitrogen and oxygen atoms in total. The van der Waals surface area contributed by atoms with Gasteiger partial charge in [-0.3, -0.25) is 14.5 Å². The van der Waals surface area contributed by atoms with Gasteiger partial charge in [-0.2, -0.15) is 0 Å². The number of carbonyl (C=O) groups excluding carboxylic acids is 3. The molecule has 1 heterocycles. The van der Waals surface area contributed by atoms with Gasteiger partial charge in [-0.1, -0.05) is 42.5 Å². The minimum absolute atomic E-state index is 0.114. The molecule has 2 aromatic carbocycles. The molecular formula is C22H25N3O5S. The summed E-state index contributed by atoms with van der Waals surface area (Å²) in [5.74, 6) is -0.989. The van der Waals surface area contributed by atoms with Crippen LogP contribution >= 0.6 is 0 Å². The fourth-order valence-corrected chi connectivity index (χ4v) is 4.07. The Morgan fingerprint density at radius 1 is 1.06 bits per heavy atom. The molecule has 164 valence electrons. The van der Waals surface area contributed by atoms with Gasteiger partial charge < -0.3 is 10.6 Å². The van der Waals surface area contributed by atoms with Gasteiger partial charge >= 0.3 is 6.03 Å². The molecule has 1 atom stereocenters. The van der Waals surface area contributed by atoms with E-state index in [1.54, 1.807) is 0 Å². The number of hydrogen-bond donors (Lipinski definition) is 2. The predicted molar refractivity (Wildman–Crippen MR) is 115 cm³/mol. The SMILES string of the molecule is CC1(c2ccc(S(C)(=O)=O)cc2)NC(=O)N(CC(=O)NCCCc2ccccc2)C1=O. The summed E-state index contributed by atoms with van der Waals surface area (Å²) in [7, 11) is -3.38. The van der Waals surface area contributed by atoms with Gasteiger partial charge in [0.15, 0.2) is 9.84 Å². The highest BCUT2D eigenvalue weighted by Crippen LogP contribution is 2.29. The highest BCUT2D eigenvalue weighted by molar-refractivity contribution is 7.90. The summed E-state index contributed by atoms with van der Waals surface area (Å²) in [6, 6.07) is 15.0. The Labute approximate surface area is 181 Å². The second-order valence-electron chi connectivity index (χ2n) is 7.68. The molecule has 4 amide bonds. The number of benzene rings is 2. The molecule has 0 saturated carbocycles. The van der Waals surface area contributed by atoms with Crippen LogP contribution in [0.25, 0.3) is 0 Å². The van der Waals surface area contributed by atoms with Crippen molar-refractivity contribution in [2.45, 2.75) is 30.2 Å². The van der Waals surface area contributed by atoms with Gasteiger partial charge in [-0.25, -0.2) is 13.2 Å². The molecule has 0 aliphatic carbocycles. The molecule has 3 rings (SSSR count). The smallest absolute Gasteiger partial charge is 0.325 e. The minimum atomic E-state index is -3.38. The van der Waals surface area contributed by atoms with Gasteiger partial charge in [-0.05, 0) is 43.0 Å². The highest BCUT2D eigenvalue weighted by atomic mass is 32.2. The van der Waals surface area contributed by atoms with E-state index in [4.69, 9.17) is 0 Å². The summed E-state index contributed by atoms with van der Waals surface area (Å²) < 4.78 is 23.3. The van der Waals surface area contributed by atoms with Gasteiger partial charge in [0.25, 0.3) is 5.91 Å². The standard InChI is InChI=1S/C22H25N3O5S/c1-22(17-10-12-18(13-11-17)31(2,29)30)20(27)25(21(28)24-22)15-19(26)23-14-6-9-16-7-4-3-5-8-16/h3-5,7-8,10-13H,6,9,14-15H2,1-2H3,(H,23,26)(H,24,28). The van der Waals surface area contributed by atoms with E-state index >= 15 is 0 Å². The number of sulfone groups is 1. The number of urea groups is 1. The van der Waals surface area contributed by atoms with Crippen molar-refractivity contribution in [3.8, 4) is 0 Å². The number of nitrogens with one attached hydrogen (secondary N) is 2. The van der Waals surface area contributed by atoms with E-state index in [2.05, 4.69) is 10.6 Å². The number of imide groups is 1. The Balaban J connectivity index is 1.58. The Kier molecular flexibility index (Phi) is 6.45. The first-order chi connectivity index (χ1) is 14.6. The molecule has 1 fully saturated rings. The number of hydrogen-bond acceptors (Lipinski definition) is 5. The zero-order valence-electron chi connectivity index (χ0n) is 17.4. The van der Waals surface area contributed by atoms with E-state index in [-0.39, 0.29) is 11.4 Å². The van der Waals surface area contributed by atoms with Crippen molar-refractivity contribution in [2.75, 3.05) is 19.3 Å². The fraction of sp³-hybridized carbons (Fsp3) is 0.318. The van der Waals surface area contributed by atoms with E-state index in [0.29, 0.717) is 12.1 Å². The monoisotopic (exact) mass is 443 g/mol. The van der Waals surface area contributed by atoms with E-state index < -0.39 is 33.2 Å². The summed E-state index contributed by atoms with van der Waals surface area (Å²) in [6.45, 7) is 1.58. The number of aryl methyl sites for hydroxylation is 1. The minimum Gasteiger partial charge on any atom is -0.355 e. The van der Waals surface area contributed by atoms with Crippen LogP contribution in [-0.4, -0.2) is 50.5 Å². The van der Waals surface area contributed by atoms with Gasteiger partial charge in [0.2, 0.25) is 5.91 Å². The third-order valence-electron chi connectivity index (χ3n) is 5.24. The van der Waals surface area contributed by atoms with E-state index in [1.165, 1.54) is 36.8 Å². The van der Waals surface area contributed by atoms with Crippen LogP contribution in [0, 0.1) is 0 Å². The van der Waals surface area contributed by atoms with Crippen LogP contribution in [0.2, 0.25) is 0 Å². The summed E-state index contributed by atoms with van der Waals surface area (Å²) in [4.78, 5) is 38.5. The lowest BCUT2D eigenvalue weighted by Crippen LogP contribution is -2.43.